The van der Waals surface area contributed by atoms with Crippen LogP contribution in [0.15, 0.2) is 18.2 Å². The average Bonchev–Trinajstić information content (AvgIpc) is 1.99. The van der Waals surface area contributed by atoms with Crippen molar-refractivity contribution in [3.05, 3.63) is 29.8 Å². The Morgan fingerprint density at radius 2 is 1.60 bits per heavy atom. The van der Waals surface area contributed by atoms with E-state index >= 15 is 0 Å². The van der Waals surface area contributed by atoms with Crippen molar-refractivity contribution in [3.8, 4) is 5.75 Å². The van der Waals surface area contributed by atoms with Gasteiger partial charge in [-0.05, 0) is 24.3 Å². The first-order valence-electron chi connectivity index (χ1n) is 3.52. The molecule has 0 aliphatic heterocycles. The Morgan fingerprint density at radius 1 is 1.00 bits per heavy atom. The average molecular weight is 229 g/mol. The van der Waals surface area contributed by atoms with Gasteiger partial charge in [0, 0.05) is 0 Å². The van der Waals surface area contributed by atoms with E-state index in [-0.39, 0.29) is 6.07 Å². The number of rotatable bonds is 1. The standard InChI is InChI=1S/C8H3F6O/c9-7(10,11)5-2-1-3-6(4-5)15-8(12,13)14/h2-4H. The van der Waals surface area contributed by atoms with E-state index < -0.39 is 23.9 Å². The summed E-state index contributed by atoms with van der Waals surface area (Å²) in [5.41, 5.74) is -1.25. The van der Waals surface area contributed by atoms with Gasteiger partial charge in [0.1, 0.15) is 5.75 Å². The van der Waals surface area contributed by atoms with Gasteiger partial charge in [-0.15, -0.1) is 13.2 Å². The molecule has 1 nitrogen and oxygen atoms in total. The molecule has 1 rings (SSSR count). The maximum Gasteiger partial charge on any atom is 0.573 e. The number of hydrogen-bond acceptors (Lipinski definition) is 1. The van der Waals surface area contributed by atoms with Crippen LogP contribution in [0.1, 0.15) is 5.56 Å². The van der Waals surface area contributed by atoms with Gasteiger partial charge in [0.15, 0.2) is 0 Å². The molecule has 0 saturated carbocycles. The summed E-state index contributed by atoms with van der Waals surface area (Å²) in [5.74, 6) is -0.947. The highest BCUT2D eigenvalue weighted by atomic mass is 19.4. The smallest absolute Gasteiger partial charge is 0.406 e. The van der Waals surface area contributed by atoms with Crippen LogP contribution in [0.3, 0.4) is 0 Å². The first kappa shape index (κ1) is 11.7. The normalized spacial score (nSPS) is 12.7. The van der Waals surface area contributed by atoms with Crippen LogP contribution >= 0.6 is 0 Å². The van der Waals surface area contributed by atoms with Gasteiger partial charge in [-0.2, -0.15) is 13.2 Å². The predicted molar refractivity (Wildman–Crippen MR) is 37.0 cm³/mol. The Kier molecular flexibility index (Phi) is 2.83. The molecule has 0 heterocycles. The minimum atomic E-state index is -5.02. The second-order valence-electron chi connectivity index (χ2n) is 2.50. The summed E-state index contributed by atoms with van der Waals surface area (Å²) >= 11 is 0. The molecule has 1 aromatic rings. The number of ether oxygens (including phenoxy) is 1. The molecule has 0 N–H and O–H groups in total. The Labute approximate surface area is 80.3 Å². The summed E-state index contributed by atoms with van der Waals surface area (Å²) in [6.45, 7) is 0. The van der Waals surface area contributed by atoms with Crippen molar-refractivity contribution in [2.24, 2.45) is 0 Å². The Bertz CT molecular complexity index is 340. The molecular weight excluding hydrogens is 226 g/mol. The van der Waals surface area contributed by atoms with Crippen LogP contribution in [0.25, 0.3) is 0 Å². The molecule has 0 amide bonds. The fourth-order valence-electron chi connectivity index (χ4n) is 0.806. The van der Waals surface area contributed by atoms with Crippen LogP contribution in [0.5, 0.6) is 5.75 Å². The predicted octanol–water partition coefficient (Wildman–Crippen LogP) is 3.40. The van der Waals surface area contributed by atoms with Crippen molar-refractivity contribution in [2.45, 2.75) is 12.5 Å². The van der Waals surface area contributed by atoms with E-state index in [1.54, 1.807) is 0 Å². The molecule has 0 aliphatic carbocycles. The maximum atomic E-state index is 12.0. The van der Waals surface area contributed by atoms with E-state index in [4.69, 9.17) is 0 Å². The zero-order chi connectivity index (χ0) is 11.7. The first-order valence-corrected chi connectivity index (χ1v) is 3.52. The van der Waals surface area contributed by atoms with E-state index in [9.17, 15) is 26.3 Å². The van der Waals surface area contributed by atoms with Gasteiger partial charge in [-0.25, -0.2) is 0 Å². The molecule has 7 heteroatoms. The third-order valence-corrected chi connectivity index (χ3v) is 1.32. The monoisotopic (exact) mass is 229 g/mol. The lowest BCUT2D eigenvalue weighted by atomic mass is 10.2. The van der Waals surface area contributed by atoms with E-state index in [1.807, 2.05) is 6.07 Å². The van der Waals surface area contributed by atoms with Gasteiger partial charge in [-0.1, -0.05) is 0 Å². The number of benzene rings is 1. The third-order valence-electron chi connectivity index (χ3n) is 1.32. The van der Waals surface area contributed by atoms with Crippen LogP contribution in [0, 0.1) is 6.07 Å². The minimum Gasteiger partial charge on any atom is -0.406 e. The van der Waals surface area contributed by atoms with Crippen molar-refractivity contribution in [3.63, 3.8) is 0 Å². The fraction of sp³-hybridized carbons (Fsp3) is 0.250. The lowest BCUT2D eigenvalue weighted by Gasteiger charge is -2.11. The van der Waals surface area contributed by atoms with Gasteiger partial charge in [0.25, 0.3) is 0 Å². The van der Waals surface area contributed by atoms with Crippen LogP contribution in [-0.2, 0) is 6.18 Å². The summed E-state index contributed by atoms with van der Waals surface area (Å²) in [7, 11) is 0. The van der Waals surface area contributed by atoms with Crippen LogP contribution in [0.2, 0.25) is 0 Å². The zero-order valence-corrected chi connectivity index (χ0v) is 6.91. The molecule has 0 atom stereocenters. The van der Waals surface area contributed by atoms with Crippen molar-refractivity contribution in [1.82, 2.24) is 0 Å². The SMILES string of the molecule is FC(F)(F)Oc1c[c]cc(C(F)(F)F)c1. The summed E-state index contributed by atoms with van der Waals surface area (Å²) < 4.78 is 74.4. The molecule has 1 aromatic carbocycles. The summed E-state index contributed by atoms with van der Waals surface area (Å²) in [5, 5.41) is 0. The molecule has 1 radical (unpaired) electrons. The lowest BCUT2D eigenvalue weighted by molar-refractivity contribution is -0.274. The Hall–Kier alpha value is -1.40. The number of alkyl halides is 6. The van der Waals surface area contributed by atoms with E-state index in [2.05, 4.69) is 4.74 Å². The van der Waals surface area contributed by atoms with Gasteiger partial charge in [-0.3, -0.25) is 0 Å². The fourth-order valence-corrected chi connectivity index (χ4v) is 0.806. The lowest BCUT2D eigenvalue weighted by Crippen LogP contribution is -2.17. The zero-order valence-electron chi connectivity index (χ0n) is 6.91. The third kappa shape index (κ3) is 3.69. The van der Waals surface area contributed by atoms with Gasteiger partial charge >= 0.3 is 12.5 Å². The summed E-state index contributed by atoms with van der Waals surface area (Å²) in [4.78, 5) is 0. The highest BCUT2D eigenvalue weighted by Gasteiger charge is 2.34. The molecule has 15 heavy (non-hydrogen) atoms. The molecular formula is C8H3F6O. The Balaban J connectivity index is 2.94. The Morgan fingerprint density at radius 3 is 2.07 bits per heavy atom. The van der Waals surface area contributed by atoms with E-state index in [1.165, 1.54) is 0 Å². The molecule has 0 fully saturated rings. The number of hydrogen-bond donors (Lipinski definition) is 0. The molecule has 0 bridgehead atoms. The first-order chi connectivity index (χ1) is 6.68. The largest absolute Gasteiger partial charge is 0.573 e. The second kappa shape index (κ2) is 3.63. The van der Waals surface area contributed by atoms with Crippen molar-refractivity contribution >= 4 is 0 Å². The quantitative estimate of drug-likeness (QED) is 0.670. The van der Waals surface area contributed by atoms with Crippen molar-refractivity contribution < 1.29 is 31.1 Å². The summed E-state index contributed by atoms with van der Waals surface area (Å²) in [6, 6.07) is 3.37. The second-order valence-corrected chi connectivity index (χ2v) is 2.50. The summed E-state index contributed by atoms with van der Waals surface area (Å²) in [6.07, 6.45) is -9.74. The highest BCUT2D eigenvalue weighted by Crippen LogP contribution is 2.32. The van der Waals surface area contributed by atoms with Gasteiger partial charge in [0.05, 0.1) is 5.56 Å². The van der Waals surface area contributed by atoms with Crippen LogP contribution < -0.4 is 4.74 Å². The highest BCUT2D eigenvalue weighted by molar-refractivity contribution is 5.29. The molecule has 0 saturated heterocycles. The van der Waals surface area contributed by atoms with Crippen LogP contribution in [0.4, 0.5) is 26.3 Å². The van der Waals surface area contributed by atoms with Crippen molar-refractivity contribution in [1.29, 1.82) is 0 Å². The van der Waals surface area contributed by atoms with Crippen molar-refractivity contribution in [2.75, 3.05) is 0 Å². The van der Waals surface area contributed by atoms with Crippen LogP contribution in [-0.4, -0.2) is 6.36 Å². The van der Waals surface area contributed by atoms with Gasteiger partial charge in [0.2, 0.25) is 0 Å². The molecule has 83 valence electrons. The van der Waals surface area contributed by atoms with E-state index in [0.29, 0.717) is 12.1 Å². The molecule has 0 spiro atoms. The van der Waals surface area contributed by atoms with E-state index in [0.717, 1.165) is 0 Å². The molecule has 0 unspecified atom stereocenters. The van der Waals surface area contributed by atoms with Gasteiger partial charge < -0.3 is 4.74 Å². The maximum absolute atomic E-state index is 12.0. The topological polar surface area (TPSA) is 9.23 Å². The minimum absolute atomic E-state index is 0.254. The molecule has 0 aliphatic rings. The molecule has 0 aromatic heterocycles. The number of halogens is 6.